The molecule has 1 amide bonds. The van der Waals surface area contributed by atoms with Crippen LogP contribution in [-0.4, -0.2) is 22.7 Å². The van der Waals surface area contributed by atoms with Gasteiger partial charge >= 0.3 is 0 Å². The average molecular weight is 406 g/mol. The van der Waals surface area contributed by atoms with E-state index in [1.807, 2.05) is 36.4 Å². The number of ether oxygens (including phenoxy) is 1. The van der Waals surface area contributed by atoms with E-state index in [1.165, 1.54) is 0 Å². The Morgan fingerprint density at radius 3 is 2.59 bits per heavy atom. The lowest BCUT2D eigenvalue weighted by atomic mass is 10.2. The van der Waals surface area contributed by atoms with Crippen molar-refractivity contribution in [1.29, 1.82) is 0 Å². The Bertz CT molecular complexity index is 1130. The van der Waals surface area contributed by atoms with E-state index in [0.29, 0.717) is 28.2 Å². The second-order valence-electron chi connectivity index (χ2n) is 6.16. The van der Waals surface area contributed by atoms with Crippen molar-refractivity contribution < 1.29 is 14.1 Å². The number of rotatable bonds is 6. The lowest BCUT2D eigenvalue weighted by Crippen LogP contribution is -2.20. The Hall–Kier alpha value is -3.64. The largest absolute Gasteiger partial charge is 0.484 e. The van der Waals surface area contributed by atoms with Gasteiger partial charge in [-0.1, -0.05) is 53.2 Å². The van der Waals surface area contributed by atoms with Crippen LogP contribution in [-0.2, 0) is 4.79 Å². The van der Waals surface area contributed by atoms with Gasteiger partial charge in [0.2, 0.25) is 5.82 Å². The molecule has 4 aromatic rings. The molecule has 144 valence electrons. The summed E-state index contributed by atoms with van der Waals surface area (Å²) in [5, 5.41) is 7.31. The number of hydrogen-bond acceptors (Lipinski definition) is 5. The van der Waals surface area contributed by atoms with Gasteiger partial charge in [-0.3, -0.25) is 4.79 Å². The fraction of sp³-hybridized carbons (Fsp3) is 0.0455. The van der Waals surface area contributed by atoms with Gasteiger partial charge in [0.15, 0.2) is 6.61 Å². The molecule has 0 spiro atoms. The smallest absolute Gasteiger partial charge is 0.262 e. The van der Waals surface area contributed by atoms with Crippen molar-refractivity contribution >= 4 is 23.2 Å². The number of aromatic nitrogens is 2. The van der Waals surface area contributed by atoms with Crippen LogP contribution in [0, 0.1) is 0 Å². The molecule has 0 aliphatic rings. The monoisotopic (exact) mass is 405 g/mol. The summed E-state index contributed by atoms with van der Waals surface area (Å²) in [6.45, 7) is -0.141. The van der Waals surface area contributed by atoms with E-state index in [9.17, 15) is 4.79 Å². The van der Waals surface area contributed by atoms with E-state index in [2.05, 4.69) is 15.5 Å². The van der Waals surface area contributed by atoms with E-state index in [4.69, 9.17) is 20.9 Å². The van der Waals surface area contributed by atoms with Crippen LogP contribution in [0.15, 0.2) is 83.4 Å². The van der Waals surface area contributed by atoms with Crippen LogP contribution < -0.4 is 10.1 Å². The van der Waals surface area contributed by atoms with Crippen LogP contribution in [0.25, 0.3) is 22.8 Å². The zero-order valence-electron chi connectivity index (χ0n) is 15.2. The molecular weight excluding hydrogens is 390 g/mol. The molecule has 0 radical (unpaired) electrons. The van der Waals surface area contributed by atoms with Crippen LogP contribution in [0.1, 0.15) is 0 Å². The number of hydrogen-bond donors (Lipinski definition) is 1. The molecule has 0 saturated heterocycles. The highest BCUT2D eigenvalue weighted by Crippen LogP contribution is 2.25. The van der Waals surface area contributed by atoms with E-state index < -0.39 is 0 Å². The quantitative estimate of drug-likeness (QED) is 0.484. The summed E-state index contributed by atoms with van der Waals surface area (Å²) < 4.78 is 10.9. The number of benzene rings is 3. The van der Waals surface area contributed by atoms with Gasteiger partial charge in [0.25, 0.3) is 11.8 Å². The molecule has 1 N–H and O–H groups in total. The number of amides is 1. The van der Waals surface area contributed by atoms with Crippen LogP contribution in [0.5, 0.6) is 5.75 Å². The number of nitrogens with one attached hydrogen (secondary N) is 1. The Kier molecular flexibility index (Phi) is 5.54. The Morgan fingerprint density at radius 1 is 0.966 bits per heavy atom. The van der Waals surface area contributed by atoms with E-state index in [-0.39, 0.29) is 12.5 Å². The predicted molar refractivity (Wildman–Crippen MR) is 111 cm³/mol. The molecule has 0 aliphatic carbocycles. The predicted octanol–water partition coefficient (Wildman–Crippen LogP) is 5.07. The molecule has 7 heteroatoms. The molecule has 3 aromatic carbocycles. The molecule has 29 heavy (non-hydrogen) atoms. The minimum absolute atomic E-state index is 0.141. The maximum absolute atomic E-state index is 12.1. The van der Waals surface area contributed by atoms with Crippen LogP contribution in [0.3, 0.4) is 0 Å². The first-order valence-corrected chi connectivity index (χ1v) is 9.23. The first kappa shape index (κ1) is 18.7. The van der Waals surface area contributed by atoms with Crippen molar-refractivity contribution in [1.82, 2.24) is 10.1 Å². The number of nitrogens with zero attached hydrogens (tertiary/aromatic N) is 2. The standard InChI is InChI=1S/C22H16ClN3O3/c23-17-9-5-10-18(13-17)24-20(27)14-28-19-11-4-8-16(12-19)21-25-22(29-26-21)15-6-2-1-3-7-15/h1-13H,14H2,(H,24,27). The third-order valence-electron chi connectivity index (χ3n) is 4.02. The van der Waals surface area contributed by atoms with Crippen LogP contribution >= 0.6 is 11.6 Å². The van der Waals surface area contributed by atoms with Crippen molar-refractivity contribution in [3.63, 3.8) is 0 Å². The van der Waals surface area contributed by atoms with Gasteiger partial charge in [0.1, 0.15) is 5.75 Å². The summed E-state index contributed by atoms with van der Waals surface area (Å²) in [7, 11) is 0. The zero-order valence-corrected chi connectivity index (χ0v) is 16.0. The zero-order chi connectivity index (χ0) is 20.1. The van der Waals surface area contributed by atoms with Gasteiger partial charge in [-0.15, -0.1) is 0 Å². The van der Waals surface area contributed by atoms with Gasteiger partial charge in [0.05, 0.1) is 0 Å². The highest BCUT2D eigenvalue weighted by Gasteiger charge is 2.11. The second kappa shape index (κ2) is 8.58. The first-order valence-electron chi connectivity index (χ1n) is 8.85. The maximum atomic E-state index is 12.1. The van der Waals surface area contributed by atoms with Gasteiger partial charge in [-0.05, 0) is 42.5 Å². The fourth-order valence-corrected chi connectivity index (χ4v) is 2.87. The normalized spacial score (nSPS) is 10.5. The van der Waals surface area contributed by atoms with E-state index in [1.54, 1.807) is 42.5 Å². The number of halogens is 1. The van der Waals surface area contributed by atoms with Crippen LogP contribution in [0.2, 0.25) is 5.02 Å². The Labute approximate surface area is 172 Å². The summed E-state index contributed by atoms with van der Waals surface area (Å²) in [4.78, 5) is 16.5. The molecule has 1 heterocycles. The lowest BCUT2D eigenvalue weighted by molar-refractivity contribution is -0.118. The Balaban J connectivity index is 1.41. The van der Waals surface area contributed by atoms with Crippen molar-refractivity contribution in [2.75, 3.05) is 11.9 Å². The minimum Gasteiger partial charge on any atom is -0.484 e. The van der Waals surface area contributed by atoms with Gasteiger partial charge < -0.3 is 14.6 Å². The van der Waals surface area contributed by atoms with Gasteiger partial charge in [0, 0.05) is 21.8 Å². The molecule has 0 unspecified atom stereocenters. The van der Waals surface area contributed by atoms with Crippen LogP contribution in [0.4, 0.5) is 5.69 Å². The topological polar surface area (TPSA) is 77.2 Å². The average Bonchev–Trinajstić information content (AvgIpc) is 3.24. The fourth-order valence-electron chi connectivity index (χ4n) is 2.68. The number of anilines is 1. The molecule has 4 rings (SSSR count). The van der Waals surface area contributed by atoms with E-state index in [0.717, 1.165) is 11.1 Å². The Morgan fingerprint density at radius 2 is 1.76 bits per heavy atom. The molecule has 1 aromatic heterocycles. The molecular formula is C22H16ClN3O3. The molecule has 0 atom stereocenters. The number of carbonyl (C=O) groups excluding carboxylic acids is 1. The summed E-state index contributed by atoms with van der Waals surface area (Å²) in [6, 6.07) is 23.6. The summed E-state index contributed by atoms with van der Waals surface area (Å²) in [5.74, 6) is 1.11. The summed E-state index contributed by atoms with van der Waals surface area (Å²) in [5.41, 5.74) is 2.18. The van der Waals surface area contributed by atoms with E-state index >= 15 is 0 Å². The summed E-state index contributed by atoms with van der Waals surface area (Å²) >= 11 is 5.92. The minimum atomic E-state index is -0.288. The van der Waals surface area contributed by atoms with Crippen molar-refractivity contribution in [3.05, 3.63) is 83.9 Å². The molecule has 6 nitrogen and oxygen atoms in total. The molecule has 0 aliphatic heterocycles. The lowest BCUT2D eigenvalue weighted by Gasteiger charge is -2.08. The number of carbonyl (C=O) groups is 1. The maximum Gasteiger partial charge on any atom is 0.262 e. The first-order chi connectivity index (χ1) is 14.2. The second-order valence-corrected chi connectivity index (χ2v) is 6.60. The molecule has 0 saturated carbocycles. The molecule has 0 bridgehead atoms. The highest BCUT2D eigenvalue weighted by atomic mass is 35.5. The molecule has 0 fully saturated rings. The summed E-state index contributed by atoms with van der Waals surface area (Å²) in [6.07, 6.45) is 0. The SMILES string of the molecule is O=C(COc1cccc(-c2noc(-c3ccccc3)n2)c1)Nc1cccc(Cl)c1. The third kappa shape index (κ3) is 4.80. The van der Waals surface area contributed by atoms with Gasteiger partial charge in [-0.2, -0.15) is 4.98 Å². The van der Waals surface area contributed by atoms with Crippen molar-refractivity contribution in [2.45, 2.75) is 0 Å². The van der Waals surface area contributed by atoms with Gasteiger partial charge in [-0.25, -0.2) is 0 Å². The van der Waals surface area contributed by atoms with Crippen molar-refractivity contribution in [2.24, 2.45) is 0 Å². The van der Waals surface area contributed by atoms with Crippen molar-refractivity contribution in [3.8, 4) is 28.6 Å². The highest BCUT2D eigenvalue weighted by molar-refractivity contribution is 6.30. The third-order valence-corrected chi connectivity index (χ3v) is 4.25.